The number of amides is 2. The van der Waals surface area contributed by atoms with E-state index in [4.69, 9.17) is 25.7 Å². The number of carbonyl (C=O) groups excluding carboxylic acids is 2. The normalized spacial score (nSPS) is 17.3. The second kappa shape index (κ2) is 9.26. The van der Waals surface area contributed by atoms with Gasteiger partial charge >= 0.3 is 0 Å². The SMILES string of the molecule is COc1ccc2nc(N3C(=O)c4oc5ccc(Cl)cc5c(=O)c4C34C(=O)N(Cc3ccccc3)c3ccccc34)sc2c1. The van der Waals surface area contributed by atoms with E-state index in [9.17, 15) is 9.59 Å². The molecule has 43 heavy (non-hydrogen) atoms. The van der Waals surface area contributed by atoms with Crippen LogP contribution in [0.5, 0.6) is 5.75 Å². The highest BCUT2D eigenvalue weighted by molar-refractivity contribution is 7.22. The van der Waals surface area contributed by atoms with Crippen molar-refractivity contribution in [3.05, 3.63) is 129 Å². The number of aromatic nitrogens is 1. The molecular weight excluding hydrogens is 586 g/mol. The Morgan fingerprint density at radius 1 is 0.953 bits per heavy atom. The summed E-state index contributed by atoms with van der Waals surface area (Å²) in [7, 11) is 1.57. The summed E-state index contributed by atoms with van der Waals surface area (Å²) in [5, 5.41) is 0.769. The van der Waals surface area contributed by atoms with Crippen molar-refractivity contribution >= 4 is 66.8 Å². The maximum absolute atomic E-state index is 15.0. The molecule has 0 saturated carbocycles. The monoisotopic (exact) mass is 605 g/mol. The molecule has 0 aliphatic carbocycles. The molecule has 2 aliphatic heterocycles. The van der Waals surface area contributed by atoms with E-state index < -0.39 is 22.8 Å². The quantitative estimate of drug-likeness (QED) is 0.227. The summed E-state index contributed by atoms with van der Waals surface area (Å²) in [6.07, 6.45) is 0. The van der Waals surface area contributed by atoms with E-state index in [1.54, 1.807) is 48.4 Å². The van der Waals surface area contributed by atoms with Crippen LogP contribution in [0.1, 0.15) is 27.2 Å². The van der Waals surface area contributed by atoms with Gasteiger partial charge in [-0.15, -0.1) is 0 Å². The number of thiazole rings is 1. The summed E-state index contributed by atoms with van der Waals surface area (Å²) in [5.74, 6) is -0.638. The van der Waals surface area contributed by atoms with E-state index >= 15 is 4.79 Å². The molecule has 0 saturated heterocycles. The fraction of sp³-hybridized carbons (Fsp3) is 0.0909. The molecule has 6 aromatic rings. The zero-order chi connectivity index (χ0) is 29.5. The van der Waals surface area contributed by atoms with E-state index in [0.29, 0.717) is 27.5 Å². The van der Waals surface area contributed by atoms with Crippen molar-refractivity contribution in [3.8, 4) is 5.75 Å². The molecule has 0 bridgehead atoms. The number of ether oxygens (including phenoxy) is 1. The van der Waals surface area contributed by atoms with Crippen molar-refractivity contribution in [2.75, 3.05) is 16.9 Å². The largest absolute Gasteiger partial charge is 0.497 e. The number of hydrogen-bond acceptors (Lipinski definition) is 7. The molecule has 2 amide bonds. The number of para-hydroxylation sites is 1. The number of methoxy groups -OCH3 is 1. The van der Waals surface area contributed by atoms with Gasteiger partial charge in [-0.2, -0.15) is 0 Å². The molecule has 2 aromatic heterocycles. The average molecular weight is 606 g/mol. The number of halogens is 1. The van der Waals surface area contributed by atoms with E-state index in [-0.39, 0.29) is 34.0 Å². The lowest BCUT2D eigenvalue weighted by Crippen LogP contribution is -2.53. The molecule has 1 atom stereocenters. The van der Waals surface area contributed by atoms with Crippen LogP contribution in [0.4, 0.5) is 10.8 Å². The lowest BCUT2D eigenvalue weighted by Gasteiger charge is -2.32. The number of rotatable bonds is 4. The maximum atomic E-state index is 15.0. The van der Waals surface area contributed by atoms with Crippen molar-refractivity contribution in [1.82, 2.24) is 4.98 Å². The molecule has 0 fully saturated rings. The first-order valence-corrected chi connectivity index (χ1v) is 14.6. The minimum Gasteiger partial charge on any atom is -0.497 e. The van der Waals surface area contributed by atoms with Crippen LogP contribution in [0.3, 0.4) is 0 Å². The lowest BCUT2D eigenvalue weighted by molar-refractivity contribution is -0.121. The van der Waals surface area contributed by atoms with Gasteiger partial charge in [0.15, 0.2) is 16.1 Å². The summed E-state index contributed by atoms with van der Waals surface area (Å²) < 4.78 is 12.3. The third-order valence-electron chi connectivity index (χ3n) is 8.05. The third kappa shape index (κ3) is 3.49. The molecule has 4 heterocycles. The third-order valence-corrected chi connectivity index (χ3v) is 9.28. The van der Waals surface area contributed by atoms with Gasteiger partial charge in [-0.3, -0.25) is 19.3 Å². The van der Waals surface area contributed by atoms with Crippen molar-refractivity contribution in [1.29, 1.82) is 0 Å². The van der Waals surface area contributed by atoms with Gasteiger partial charge in [0.1, 0.15) is 11.3 Å². The first-order valence-electron chi connectivity index (χ1n) is 13.4. The Bertz CT molecular complexity index is 2210. The Labute approximate surface area is 253 Å². The minimum absolute atomic E-state index is 0.0443. The van der Waals surface area contributed by atoms with Gasteiger partial charge in [0.25, 0.3) is 11.8 Å². The van der Waals surface area contributed by atoms with Gasteiger partial charge in [0, 0.05) is 10.6 Å². The summed E-state index contributed by atoms with van der Waals surface area (Å²) in [6, 6.07) is 26.8. The van der Waals surface area contributed by atoms with Crippen molar-refractivity contribution in [3.63, 3.8) is 0 Å². The summed E-state index contributed by atoms with van der Waals surface area (Å²) in [6.45, 7) is 0.234. The maximum Gasteiger partial charge on any atom is 0.297 e. The number of benzene rings is 4. The van der Waals surface area contributed by atoms with E-state index in [1.807, 2.05) is 48.5 Å². The molecule has 210 valence electrons. The number of fused-ring (bicyclic) bond motifs is 6. The van der Waals surface area contributed by atoms with Crippen LogP contribution in [0.15, 0.2) is 100 Å². The molecule has 0 radical (unpaired) electrons. The molecule has 1 spiro atoms. The van der Waals surface area contributed by atoms with E-state index in [0.717, 1.165) is 10.3 Å². The molecule has 2 aliphatic rings. The first kappa shape index (κ1) is 25.7. The van der Waals surface area contributed by atoms with Crippen molar-refractivity contribution < 1.29 is 18.7 Å². The lowest BCUT2D eigenvalue weighted by atomic mass is 9.84. The molecule has 8 nitrogen and oxygen atoms in total. The van der Waals surface area contributed by atoms with Crippen LogP contribution < -0.4 is 20.0 Å². The van der Waals surface area contributed by atoms with Gasteiger partial charge in [-0.1, -0.05) is 71.5 Å². The van der Waals surface area contributed by atoms with E-state index in [1.165, 1.54) is 22.3 Å². The van der Waals surface area contributed by atoms with Gasteiger partial charge in [-0.25, -0.2) is 4.98 Å². The second-order valence-corrected chi connectivity index (χ2v) is 11.8. The number of hydrogen-bond donors (Lipinski definition) is 0. The fourth-order valence-corrected chi connectivity index (χ4v) is 7.39. The summed E-state index contributed by atoms with van der Waals surface area (Å²) in [5.41, 5.74) is 0.405. The van der Waals surface area contributed by atoms with Gasteiger partial charge in [0.2, 0.25) is 5.76 Å². The minimum atomic E-state index is -1.85. The Hall–Kier alpha value is -4.99. The summed E-state index contributed by atoms with van der Waals surface area (Å²) in [4.78, 5) is 51.7. The average Bonchev–Trinajstić information content (AvgIpc) is 3.63. The Kier molecular flexibility index (Phi) is 5.53. The van der Waals surface area contributed by atoms with Gasteiger partial charge in [-0.05, 0) is 48.0 Å². The zero-order valence-corrected chi connectivity index (χ0v) is 24.1. The van der Waals surface area contributed by atoms with Crippen LogP contribution in [0, 0.1) is 0 Å². The van der Waals surface area contributed by atoms with Crippen LogP contribution in [-0.4, -0.2) is 23.9 Å². The molecule has 10 heteroatoms. The van der Waals surface area contributed by atoms with Gasteiger partial charge < -0.3 is 14.1 Å². The highest BCUT2D eigenvalue weighted by Gasteiger charge is 2.66. The number of nitrogens with zero attached hydrogens (tertiary/aromatic N) is 3. The number of carbonyl (C=O) groups is 2. The second-order valence-electron chi connectivity index (χ2n) is 10.4. The first-order chi connectivity index (χ1) is 20.9. The molecule has 8 rings (SSSR count). The summed E-state index contributed by atoms with van der Waals surface area (Å²) >= 11 is 7.52. The Balaban J connectivity index is 1.45. The van der Waals surface area contributed by atoms with Crippen LogP contribution in [0.25, 0.3) is 21.2 Å². The zero-order valence-electron chi connectivity index (χ0n) is 22.5. The molecular formula is C33H20ClN3O5S. The smallest absolute Gasteiger partial charge is 0.297 e. The highest BCUT2D eigenvalue weighted by Crippen LogP contribution is 2.55. The van der Waals surface area contributed by atoms with Gasteiger partial charge in [0.05, 0.1) is 40.5 Å². The fourth-order valence-electron chi connectivity index (χ4n) is 6.17. The van der Waals surface area contributed by atoms with Crippen molar-refractivity contribution in [2.45, 2.75) is 12.1 Å². The Morgan fingerprint density at radius 2 is 1.74 bits per heavy atom. The van der Waals surface area contributed by atoms with Crippen molar-refractivity contribution in [2.24, 2.45) is 0 Å². The number of anilines is 2. The van der Waals surface area contributed by atoms with Crippen LogP contribution in [-0.2, 0) is 16.9 Å². The van der Waals surface area contributed by atoms with E-state index in [2.05, 4.69) is 0 Å². The standard InChI is InChI=1S/C33H20ClN3O5S/c1-41-20-12-13-23-26(16-20)43-32(35-23)37-30(39)29-27(28(38)21-15-19(34)11-14-25(21)42-29)33(37)22-9-5-6-10-24(22)36(31(33)40)17-18-7-3-2-4-8-18/h2-16H,17H2,1H3. The predicted molar refractivity (Wildman–Crippen MR) is 165 cm³/mol. The topological polar surface area (TPSA) is 93.0 Å². The Morgan fingerprint density at radius 3 is 2.56 bits per heavy atom. The molecule has 0 N–H and O–H groups in total. The highest BCUT2D eigenvalue weighted by atomic mass is 35.5. The van der Waals surface area contributed by atoms with Crippen LogP contribution in [0.2, 0.25) is 5.02 Å². The van der Waals surface area contributed by atoms with Crippen LogP contribution >= 0.6 is 22.9 Å². The molecule has 4 aromatic carbocycles. The molecule has 1 unspecified atom stereocenters. The predicted octanol–water partition coefficient (Wildman–Crippen LogP) is 6.52.